The highest BCUT2D eigenvalue weighted by Crippen LogP contribution is 2.40. The van der Waals surface area contributed by atoms with Gasteiger partial charge in [0.1, 0.15) is 23.1 Å². The van der Waals surface area contributed by atoms with Crippen molar-refractivity contribution >= 4 is 54.9 Å². The number of hydrogen-bond acceptors (Lipinski definition) is 7. The molecule has 1 N–H and O–H groups in total. The molecule has 0 radical (unpaired) electrons. The van der Waals surface area contributed by atoms with Crippen molar-refractivity contribution in [2.45, 2.75) is 17.9 Å². The molecule has 0 saturated carbocycles. The summed E-state index contributed by atoms with van der Waals surface area (Å²) >= 11 is 3.52. The van der Waals surface area contributed by atoms with Crippen LogP contribution in [0.25, 0.3) is 0 Å². The van der Waals surface area contributed by atoms with Crippen LogP contribution in [-0.2, 0) is 9.84 Å². The van der Waals surface area contributed by atoms with Crippen LogP contribution in [0.4, 0.5) is 27.9 Å². The van der Waals surface area contributed by atoms with Gasteiger partial charge in [-0.2, -0.15) is 4.98 Å². The van der Waals surface area contributed by atoms with E-state index in [2.05, 4.69) is 31.2 Å². The molecule has 33 heavy (non-hydrogen) atoms. The number of halogens is 1. The molecule has 0 fully saturated rings. The highest BCUT2D eigenvalue weighted by atomic mass is 79.9. The van der Waals surface area contributed by atoms with Gasteiger partial charge in [0.05, 0.1) is 17.5 Å². The van der Waals surface area contributed by atoms with Crippen LogP contribution in [0.15, 0.2) is 58.0 Å². The number of fused-ring (bicyclic) bond motifs is 2. The van der Waals surface area contributed by atoms with Crippen molar-refractivity contribution in [1.29, 1.82) is 0 Å². The first-order chi connectivity index (χ1) is 15.8. The second-order valence-corrected chi connectivity index (χ2v) is 10.7. The lowest BCUT2D eigenvalue weighted by Gasteiger charge is -2.39. The number of hydrogen-bond donors (Lipinski definition) is 1. The van der Waals surface area contributed by atoms with Crippen molar-refractivity contribution in [2.24, 2.45) is 0 Å². The van der Waals surface area contributed by atoms with Gasteiger partial charge in [0.15, 0.2) is 9.84 Å². The van der Waals surface area contributed by atoms with E-state index in [1.54, 1.807) is 30.3 Å². The molecule has 11 heteroatoms. The fourth-order valence-electron chi connectivity index (χ4n) is 3.97. The Balaban J connectivity index is 1.48. The third-order valence-electron chi connectivity index (χ3n) is 5.70. The number of aromatic nitrogens is 2. The number of carbonyl (C=O) groups is 1. The minimum Gasteiger partial charge on any atom is -0.491 e. The number of nitrogens with one attached hydrogen (secondary N) is 1. The number of amides is 2. The number of benzene rings is 2. The third-order valence-corrected chi connectivity index (χ3v) is 8.06. The minimum atomic E-state index is -3.40. The quantitative estimate of drug-likeness (QED) is 0.539. The molecule has 2 aliphatic rings. The molecule has 9 nitrogen and oxygen atoms in total. The summed E-state index contributed by atoms with van der Waals surface area (Å²) in [6.45, 7) is 2.07. The Labute approximate surface area is 199 Å². The van der Waals surface area contributed by atoms with E-state index in [9.17, 15) is 13.2 Å². The molecule has 1 atom stereocenters. The molecular formula is C22H20BrN5O4S. The Morgan fingerprint density at radius 2 is 2.00 bits per heavy atom. The van der Waals surface area contributed by atoms with E-state index >= 15 is 0 Å². The number of carbonyl (C=O) groups excluding carboxylic acids is 1. The van der Waals surface area contributed by atoms with Crippen molar-refractivity contribution in [3.63, 3.8) is 0 Å². The van der Waals surface area contributed by atoms with Crippen molar-refractivity contribution in [2.75, 3.05) is 34.5 Å². The van der Waals surface area contributed by atoms with Crippen LogP contribution in [0.1, 0.15) is 18.5 Å². The van der Waals surface area contributed by atoms with Crippen LogP contribution in [-0.4, -0.2) is 43.8 Å². The van der Waals surface area contributed by atoms with Gasteiger partial charge in [-0.1, -0.05) is 12.1 Å². The summed E-state index contributed by atoms with van der Waals surface area (Å²) in [5.74, 6) is 1.02. The molecule has 2 amide bonds. The number of sulfone groups is 1. The van der Waals surface area contributed by atoms with Crippen molar-refractivity contribution in [3.8, 4) is 5.75 Å². The van der Waals surface area contributed by atoms with Crippen LogP contribution >= 0.6 is 15.9 Å². The third kappa shape index (κ3) is 3.70. The molecule has 1 aromatic heterocycles. The maximum atomic E-state index is 13.2. The molecular weight excluding hydrogens is 510 g/mol. The molecule has 0 aliphatic carbocycles. The fraction of sp³-hybridized carbons (Fsp3) is 0.227. The minimum absolute atomic E-state index is 0.0579. The van der Waals surface area contributed by atoms with Crippen LogP contribution in [0.3, 0.4) is 0 Å². The van der Waals surface area contributed by atoms with E-state index in [4.69, 9.17) is 4.74 Å². The molecule has 3 heterocycles. The average Bonchev–Trinajstić information content (AvgIpc) is 2.79. The van der Waals surface area contributed by atoms with Crippen LogP contribution in [0.5, 0.6) is 5.75 Å². The number of anilines is 4. The summed E-state index contributed by atoms with van der Waals surface area (Å²) < 4.78 is 31.0. The molecule has 5 rings (SSSR count). The summed E-state index contributed by atoms with van der Waals surface area (Å²) in [4.78, 5) is 25.5. The van der Waals surface area contributed by atoms with Crippen LogP contribution < -0.4 is 19.9 Å². The first-order valence-electron chi connectivity index (χ1n) is 10.2. The average molecular weight is 530 g/mol. The zero-order chi connectivity index (χ0) is 23.3. The molecule has 0 bridgehead atoms. The summed E-state index contributed by atoms with van der Waals surface area (Å²) in [6, 6.07) is 11.9. The topological polar surface area (TPSA) is 105 Å². The predicted molar refractivity (Wildman–Crippen MR) is 128 cm³/mol. The Morgan fingerprint density at radius 1 is 1.21 bits per heavy atom. The number of ether oxygens (including phenoxy) is 1. The first kappa shape index (κ1) is 21.7. The van der Waals surface area contributed by atoms with Gasteiger partial charge >= 0.3 is 6.03 Å². The maximum Gasteiger partial charge on any atom is 0.330 e. The van der Waals surface area contributed by atoms with Gasteiger partial charge in [0, 0.05) is 29.0 Å². The van der Waals surface area contributed by atoms with Gasteiger partial charge in [-0.25, -0.2) is 18.2 Å². The number of rotatable bonds is 3. The Bertz CT molecular complexity index is 1380. The fourth-order valence-corrected chi connectivity index (χ4v) is 5.71. The number of urea groups is 1. The van der Waals surface area contributed by atoms with Crippen molar-refractivity contribution in [3.05, 3.63) is 58.7 Å². The van der Waals surface area contributed by atoms with Crippen LogP contribution in [0, 0.1) is 0 Å². The highest BCUT2D eigenvalue weighted by molar-refractivity contribution is 9.10. The summed E-state index contributed by atoms with van der Waals surface area (Å²) in [6.07, 6.45) is 1.68. The van der Waals surface area contributed by atoms with E-state index < -0.39 is 9.84 Å². The van der Waals surface area contributed by atoms with Gasteiger partial charge < -0.3 is 10.1 Å². The van der Waals surface area contributed by atoms with E-state index in [-0.39, 0.29) is 35.3 Å². The molecule has 0 unspecified atom stereocenters. The smallest absolute Gasteiger partial charge is 0.330 e. The lowest BCUT2D eigenvalue weighted by atomic mass is 10.1. The molecule has 170 valence electrons. The Morgan fingerprint density at radius 3 is 2.79 bits per heavy atom. The molecule has 2 aromatic carbocycles. The second-order valence-electron chi connectivity index (χ2n) is 7.77. The normalized spacial score (nSPS) is 18.9. The second kappa shape index (κ2) is 7.99. The molecule has 3 aromatic rings. The number of para-hydroxylation sites is 1. The Hall–Kier alpha value is -3.18. The largest absolute Gasteiger partial charge is 0.491 e. The monoisotopic (exact) mass is 529 g/mol. The SMILES string of the molecule is C[C@@H]1c2cnc(Nc3ccc4c(c3)S(=O)(=O)CCO4)nc2N(C)C(=O)N1c1ccccc1Br. The lowest BCUT2D eigenvalue weighted by molar-refractivity contribution is 0.249. The summed E-state index contributed by atoms with van der Waals surface area (Å²) in [5, 5.41) is 3.04. The summed E-state index contributed by atoms with van der Waals surface area (Å²) in [5.41, 5.74) is 2.06. The first-order valence-corrected chi connectivity index (χ1v) is 12.7. The van der Waals surface area contributed by atoms with E-state index in [0.29, 0.717) is 17.3 Å². The number of nitrogens with zero attached hydrogens (tertiary/aromatic N) is 4. The standard InChI is InChI=1S/C22H20BrN5O4S/c1-13-15-12-24-21(25-14-7-8-18-19(11-14)33(30,31)10-9-32-18)26-20(15)27(2)22(29)28(13)17-6-4-3-5-16(17)23/h3-8,11-13H,9-10H2,1-2H3,(H,24,25,26)/t13-/m1/s1. The predicted octanol–water partition coefficient (Wildman–Crippen LogP) is 4.29. The molecule has 0 spiro atoms. The van der Waals surface area contributed by atoms with Gasteiger partial charge in [0.25, 0.3) is 0 Å². The lowest BCUT2D eigenvalue weighted by Crippen LogP contribution is -2.48. The van der Waals surface area contributed by atoms with E-state index in [1.807, 2.05) is 31.2 Å². The zero-order valence-electron chi connectivity index (χ0n) is 17.8. The van der Waals surface area contributed by atoms with Gasteiger partial charge in [0.2, 0.25) is 5.95 Å². The summed E-state index contributed by atoms with van der Waals surface area (Å²) in [7, 11) is -1.74. The maximum absolute atomic E-state index is 13.2. The van der Waals surface area contributed by atoms with Gasteiger partial charge in [-0.15, -0.1) is 0 Å². The van der Waals surface area contributed by atoms with Crippen molar-refractivity contribution < 1.29 is 17.9 Å². The highest BCUT2D eigenvalue weighted by Gasteiger charge is 2.37. The molecule has 0 saturated heterocycles. The van der Waals surface area contributed by atoms with Gasteiger partial charge in [-0.05, 0) is 53.2 Å². The van der Waals surface area contributed by atoms with E-state index in [1.165, 1.54) is 11.0 Å². The van der Waals surface area contributed by atoms with Crippen LogP contribution in [0.2, 0.25) is 0 Å². The Kier molecular flexibility index (Phi) is 5.25. The van der Waals surface area contributed by atoms with Crippen molar-refractivity contribution in [1.82, 2.24) is 9.97 Å². The zero-order valence-corrected chi connectivity index (χ0v) is 20.2. The molecule has 2 aliphatic heterocycles. The van der Waals surface area contributed by atoms with Gasteiger partial charge in [-0.3, -0.25) is 9.80 Å². The van der Waals surface area contributed by atoms with E-state index in [0.717, 1.165) is 15.7 Å².